The van der Waals surface area contributed by atoms with Crippen molar-refractivity contribution < 1.29 is 19.1 Å². The highest BCUT2D eigenvalue weighted by Crippen LogP contribution is 2.54. The zero-order chi connectivity index (χ0) is 26.9. The monoisotopic (exact) mass is 514 g/mol. The van der Waals surface area contributed by atoms with Gasteiger partial charge in [-0.15, -0.1) is 0 Å². The van der Waals surface area contributed by atoms with E-state index in [-0.39, 0.29) is 5.92 Å². The summed E-state index contributed by atoms with van der Waals surface area (Å²) in [6.07, 6.45) is -0.131. The second kappa shape index (κ2) is 10.5. The smallest absolute Gasteiger partial charge is 0.419 e. The van der Waals surface area contributed by atoms with Crippen molar-refractivity contribution in [2.24, 2.45) is 0 Å². The van der Waals surface area contributed by atoms with Gasteiger partial charge in [0.15, 0.2) is 0 Å². The fourth-order valence-electron chi connectivity index (χ4n) is 3.97. The molecule has 8 nitrogen and oxygen atoms in total. The number of carbonyl (C=O) groups excluding carboxylic acids is 2. The van der Waals surface area contributed by atoms with Crippen LogP contribution < -0.4 is 20.0 Å². The van der Waals surface area contributed by atoms with E-state index in [9.17, 15) is 9.59 Å². The summed E-state index contributed by atoms with van der Waals surface area (Å²) in [6, 6.07) is 8.07. The van der Waals surface area contributed by atoms with E-state index < -0.39 is 17.8 Å². The van der Waals surface area contributed by atoms with Gasteiger partial charge >= 0.3 is 12.2 Å². The number of benzene rings is 2. The first-order valence-electron chi connectivity index (χ1n) is 12.0. The molecule has 0 bridgehead atoms. The number of hydrogen-bond donors (Lipinski definition) is 1. The molecule has 1 aliphatic rings. The van der Waals surface area contributed by atoms with Crippen molar-refractivity contribution in [3.63, 3.8) is 0 Å². The van der Waals surface area contributed by atoms with Crippen LogP contribution in [0.25, 0.3) is 0 Å². The van der Waals surface area contributed by atoms with E-state index in [0.717, 1.165) is 38.8 Å². The Hall–Kier alpha value is -3.07. The Balaban J connectivity index is 2.34. The second-order valence-corrected chi connectivity index (χ2v) is 11.4. The minimum absolute atomic E-state index is 0.208. The van der Waals surface area contributed by atoms with Gasteiger partial charge < -0.3 is 19.3 Å². The minimum Gasteiger partial charge on any atom is -0.453 e. The Morgan fingerprint density at radius 3 is 2.25 bits per heavy atom. The number of ether oxygens (including phenoxy) is 2. The molecular weight excluding hydrogens is 476 g/mol. The number of anilines is 5. The van der Waals surface area contributed by atoms with E-state index in [2.05, 4.69) is 36.2 Å². The molecule has 1 unspecified atom stereocenters. The molecule has 3 rings (SSSR count). The van der Waals surface area contributed by atoms with Crippen LogP contribution in [0, 0.1) is 0 Å². The quantitative estimate of drug-likeness (QED) is 0.458. The molecule has 1 atom stereocenters. The van der Waals surface area contributed by atoms with Gasteiger partial charge in [0.05, 0.1) is 29.9 Å². The summed E-state index contributed by atoms with van der Waals surface area (Å²) in [7, 11) is 9.17. The van der Waals surface area contributed by atoms with Gasteiger partial charge in [0.2, 0.25) is 0 Å². The predicted molar refractivity (Wildman–Crippen MR) is 149 cm³/mol. The third-order valence-electron chi connectivity index (χ3n) is 5.99. The van der Waals surface area contributed by atoms with Gasteiger partial charge in [-0.2, -0.15) is 0 Å². The highest BCUT2D eigenvalue weighted by atomic mass is 32.2. The number of carbonyl (C=O) groups is 2. The summed E-state index contributed by atoms with van der Waals surface area (Å²) in [4.78, 5) is 33.5. The predicted octanol–water partition coefficient (Wildman–Crippen LogP) is 7.05. The van der Waals surface area contributed by atoms with Crippen LogP contribution in [0.4, 0.5) is 38.0 Å². The average Bonchev–Trinajstić information content (AvgIpc) is 2.79. The molecule has 0 spiro atoms. The normalized spacial score (nSPS) is 13.3. The lowest BCUT2D eigenvalue weighted by molar-refractivity contribution is 0.0597. The molecule has 0 saturated carbocycles. The first-order valence-corrected chi connectivity index (χ1v) is 12.9. The largest absolute Gasteiger partial charge is 0.453 e. The van der Waals surface area contributed by atoms with Crippen LogP contribution in [0.5, 0.6) is 0 Å². The Bertz CT molecular complexity index is 1160. The molecule has 0 aliphatic carbocycles. The van der Waals surface area contributed by atoms with Crippen molar-refractivity contribution in [2.45, 2.75) is 62.3 Å². The summed E-state index contributed by atoms with van der Waals surface area (Å²) in [5.41, 5.74) is 4.27. The van der Waals surface area contributed by atoms with Gasteiger partial charge in [-0.1, -0.05) is 25.6 Å². The summed E-state index contributed by atoms with van der Waals surface area (Å²) in [5, 5.41) is 2.80. The standard InChI is InChI=1S/C27H38N4O4S/c1-11-16(2)18-12-17(29(6)7)13-23-24(18)31(26(33)35-27(3,4)5)21-14-19(28-25(32)34-10)20(30(8)9)15-22(21)36-23/h12-16H,11H2,1-10H3,(H,28,32). The van der Waals surface area contributed by atoms with Crippen molar-refractivity contribution in [1.82, 2.24) is 0 Å². The maximum Gasteiger partial charge on any atom is 0.419 e. The van der Waals surface area contributed by atoms with Crippen molar-refractivity contribution in [1.29, 1.82) is 0 Å². The SMILES string of the molecule is CCC(C)c1cc(N(C)C)cc2c1N(C(=O)OC(C)(C)C)c1cc(NC(=O)OC)c(N(C)C)cc1S2. The number of amides is 2. The molecule has 2 amide bonds. The molecule has 2 aromatic rings. The molecule has 1 heterocycles. The first kappa shape index (κ1) is 27.5. The lowest BCUT2D eigenvalue weighted by atomic mass is 9.95. The highest BCUT2D eigenvalue weighted by molar-refractivity contribution is 7.99. The van der Waals surface area contributed by atoms with Gasteiger partial charge in [-0.05, 0) is 62.9 Å². The summed E-state index contributed by atoms with van der Waals surface area (Å²) in [6.45, 7) is 9.88. The van der Waals surface area contributed by atoms with Crippen LogP contribution in [-0.2, 0) is 9.47 Å². The third-order valence-corrected chi connectivity index (χ3v) is 7.07. The first-order chi connectivity index (χ1) is 16.8. The molecule has 9 heteroatoms. The molecular formula is C27H38N4O4S. The molecule has 0 radical (unpaired) electrons. The number of methoxy groups -OCH3 is 1. The molecule has 1 aliphatic heterocycles. The number of fused-ring (bicyclic) bond motifs is 2. The number of nitrogens with zero attached hydrogens (tertiary/aromatic N) is 3. The fraction of sp³-hybridized carbons (Fsp3) is 0.481. The fourth-order valence-corrected chi connectivity index (χ4v) is 5.11. The molecule has 0 fully saturated rings. The topological polar surface area (TPSA) is 74.3 Å². The van der Waals surface area contributed by atoms with E-state index in [1.54, 1.807) is 16.7 Å². The third kappa shape index (κ3) is 5.67. The van der Waals surface area contributed by atoms with Gasteiger partial charge in [-0.3, -0.25) is 5.32 Å². The lowest BCUT2D eigenvalue weighted by Crippen LogP contribution is -2.36. The zero-order valence-electron chi connectivity index (χ0n) is 23.0. The van der Waals surface area contributed by atoms with E-state index >= 15 is 0 Å². The molecule has 0 saturated heterocycles. The van der Waals surface area contributed by atoms with Gasteiger partial charge in [0, 0.05) is 43.7 Å². The van der Waals surface area contributed by atoms with Crippen molar-refractivity contribution in [2.75, 3.05) is 55.3 Å². The Morgan fingerprint density at radius 1 is 1.06 bits per heavy atom. The maximum absolute atomic E-state index is 13.8. The van der Waals surface area contributed by atoms with Gasteiger partial charge in [-0.25, -0.2) is 14.5 Å². The van der Waals surface area contributed by atoms with Crippen LogP contribution in [0.2, 0.25) is 0 Å². The van der Waals surface area contributed by atoms with E-state index in [1.807, 2.05) is 66.0 Å². The van der Waals surface area contributed by atoms with Crippen molar-refractivity contribution in [3.8, 4) is 0 Å². The maximum atomic E-state index is 13.8. The number of rotatable bonds is 5. The van der Waals surface area contributed by atoms with Crippen LogP contribution in [0.1, 0.15) is 52.5 Å². The van der Waals surface area contributed by atoms with Crippen LogP contribution in [-0.4, -0.2) is 53.1 Å². The van der Waals surface area contributed by atoms with Gasteiger partial charge in [0.25, 0.3) is 0 Å². The van der Waals surface area contributed by atoms with Crippen LogP contribution >= 0.6 is 11.8 Å². The zero-order valence-corrected chi connectivity index (χ0v) is 23.8. The second-order valence-electron chi connectivity index (χ2n) is 10.4. The van der Waals surface area contributed by atoms with Crippen molar-refractivity contribution in [3.05, 3.63) is 29.8 Å². The Kier molecular flexibility index (Phi) is 8.03. The minimum atomic E-state index is -0.682. The van der Waals surface area contributed by atoms with Crippen molar-refractivity contribution >= 4 is 52.4 Å². The average molecular weight is 515 g/mol. The van der Waals surface area contributed by atoms with E-state index in [1.165, 1.54) is 7.11 Å². The molecule has 36 heavy (non-hydrogen) atoms. The number of nitrogens with one attached hydrogen (secondary N) is 1. The summed E-state index contributed by atoms with van der Waals surface area (Å²) in [5.74, 6) is 0.208. The lowest BCUT2D eigenvalue weighted by Gasteiger charge is -2.36. The number of hydrogen-bond acceptors (Lipinski definition) is 7. The Morgan fingerprint density at radius 2 is 1.72 bits per heavy atom. The van der Waals surface area contributed by atoms with Crippen LogP contribution in [0.15, 0.2) is 34.1 Å². The molecule has 196 valence electrons. The summed E-state index contributed by atoms with van der Waals surface area (Å²) < 4.78 is 10.7. The molecule has 0 aromatic heterocycles. The van der Waals surface area contributed by atoms with Gasteiger partial charge in [0.1, 0.15) is 5.60 Å². The van der Waals surface area contributed by atoms with Crippen LogP contribution in [0.3, 0.4) is 0 Å². The van der Waals surface area contributed by atoms with E-state index in [0.29, 0.717) is 11.4 Å². The van der Waals surface area contributed by atoms with E-state index in [4.69, 9.17) is 9.47 Å². The summed E-state index contributed by atoms with van der Waals surface area (Å²) >= 11 is 1.61. The molecule has 1 N–H and O–H groups in total. The highest BCUT2D eigenvalue weighted by Gasteiger charge is 2.36. The molecule has 2 aromatic carbocycles. The Labute approximate surface area is 218 Å².